The second-order valence-corrected chi connectivity index (χ2v) is 6.55. The maximum atomic E-state index is 13.8. The summed E-state index contributed by atoms with van der Waals surface area (Å²) in [5.74, 6) is -0.420. The zero-order valence-corrected chi connectivity index (χ0v) is 14.6. The monoisotopic (exact) mass is 380 g/mol. The van der Waals surface area contributed by atoms with E-state index in [1.807, 2.05) is 0 Å². The van der Waals surface area contributed by atoms with Crippen LogP contribution in [0.1, 0.15) is 23.6 Å². The number of aliphatic hydroxyl groups excluding tert-OH is 1. The van der Waals surface area contributed by atoms with Gasteiger partial charge in [0.25, 0.3) is 0 Å². The molecule has 6 nitrogen and oxygen atoms in total. The standard InChI is InChI=1S/C18H18ClFN2O4/c19-12-5-4-11(14(20)8-12)10-26-17-3-1-2-15(21-17)13-6-7-22(18(24)25)9-16(13)23/h1-5,8,13,16,23H,6-7,9-10H2,(H,24,25)/t13-,16+/m1/s1. The van der Waals surface area contributed by atoms with Gasteiger partial charge in [0, 0.05) is 29.1 Å². The van der Waals surface area contributed by atoms with E-state index < -0.39 is 18.0 Å². The summed E-state index contributed by atoms with van der Waals surface area (Å²) in [6, 6.07) is 9.51. The van der Waals surface area contributed by atoms with Gasteiger partial charge in [-0.15, -0.1) is 0 Å². The Balaban J connectivity index is 1.67. The van der Waals surface area contributed by atoms with E-state index in [1.54, 1.807) is 30.3 Å². The normalized spacial score (nSPS) is 20.0. The first-order chi connectivity index (χ1) is 12.4. The van der Waals surface area contributed by atoms with Crippen LogP contribution in [0.4, 0.5) is 9.18 Å². The molecule has 1 aliphatic rings. The van der Waals surface area contributed by atoms with E-state index in [-0.39, 0.29) is 19.1 Å². The number of likely N-dealkylation sites (tertiary alicyclic amines) is 1. The molecule has 1 amide bonds. The molecule has 0 bridgehead atoms. The average molecular weight is 381 g/mol. The van der Waals surface area contributed by atoms with Crippen molar-refractivity contribution in [3.8, 4) is 5.88 Å². The van der Waals surface area contributed by atoms with Crippen LogP contribution in [0.25, 0.3) is 0 Å². The summed E-state index contributed by atoms with van der Waals surface area (Å²) in [6.45, 7) is 0.377. The number of carbonyl (C=O) groups is 1. The van der Waals surface area contributed by atoms with Crippen LogP contribution in [0, 0.1) is 5.82 Å². The lowest BCUT2D eigenvalue weighted by Gasteiger charge is -2.34. The highest BCUT2D eigenvalue weighted by Gasteiger charge is 2.32. The number of aliphatic hydroxyl groups is 1. The summed E-state index contributed by atoms with van der Waals surface area (Å²) in [6.07, 6.45) is -1.41. The van der Waals surface area contributed by atoms with Crippen molar-refractivity contribution < 1.29 is 24.1 Å². The molecular formula is C18H18ClFN2O4. The Morgan fingerprint density at radius 2 is 2.19 bits per heavy atom. The van der Waals surface area contributed by atoms with E-state index >= 15 is 0 Å². The number of piperidine rings is 1. The number of nitrogens with zero attached hydrogens (tertiary/aromatic N) is 2. The number of hydrogen-bond donors (Lipinski definition) is 2. The van der Waals surface area contributed by atoms with Crippen LogP contribution in [0.2, 0.25) is 5.02 Å². The van der Waals surface area contributed by atoms with Gasteiger partial charge >= 0.3 is 6.09 Å². The van der Waals surface area contributed by atoms with Crippen molar-refractivity contribution in [1.29, 1.82) is 0 Å². The number of rotatable bonds is 4. The molecule has 0 spiro atoms. The van der Waals surface area contributed by atoms with Gasteiger partial charge in [-0.25, -0.2) is 14.2 Å². The van der Waals surface area contributed by atoms with Crippen LogP contribution >= 0.6 is 11.6 Å². The summed E-state index contributed by atoms with van der Waals surface area (Å²) in [5.41, 5.74) is 0.980. The smallest absolute Gasteiger partial charge is 0.407 e. The first kappa shape index (κ1) is 18.4. The fourth-order valence-electron chi connectivity index (χ4n) is 2.96. The van der Waals surface area contributed by atoms with Gasteiger partial charge in [0.15, 0.2) is 0 Å². The molecule has 0 saturated carbocycles. The van der Waals surface area contributed by atoms with E-state index in [9.17, 15) is 14.3 Å². The lowest BCUT2D eigenvalue weighted by Crippen LogP contribution is -2.45. The predicted molar refractivity (Wildman–Crippen MR) is 92.9 cm³/mol. The third kappa shape index (κ3) is 4.23. The molecule has 2 aromatic rings. The minimum Gasteiger partial charge on any atom is -0.473 e. The van der Waals surface area contributed by atoms with Gasteiger partial charge in [0.05, 0.1) is 18.3 Å². The number of benzene rings is 1. The van der Waals surface area contributed by atoms with Gasteiger partial charge in [-0.1, -0.05) is 23.7 Å². The Morgan fingerprint density at radius 1 is 1.38 bits per heavy atom. The van der Waals surface area contributed by atoms with Gasteiger partial charge in [0.2, 0.25) is 5.88 Å². The number of aromatic nitrogens is 1. The Kier molecular flexibility index (Phi) is 5.58. The van der Waals surface area contributed by atoms with Crippen molar-refractivity contribution >= 4 is 17.7 Å². The Morgan fingerprint density at radius 3 is 2.88 bits per heavy atom. The molecule has 3 rings (SSSR count). The van der Waals surface area contributed by atoms with Crippen molar-refractivity contribution in [1.82, 2.24) is 9.88 Å². The first-order valence-electron chi connectivity index (χ1n) is 8.13. The van der Waals surface area contributed by atoms with Gasteiger partial charge in [-0.05, 0) is 24.6 Å². The van der Waals surface area contributed by atoms with Crippen molar-refractivity contribution in [3.05, 3.63) is 58.5 Å². The highest BCUT2D eigenvalue weighted by atomic mass is 35.5. The number of pyridine rings is 1. The fraction of sp³-hybridized carbons (Fsp3) is 0.333. The largest absolute Gasteiger partial charge is 0.473 e. The molecule has 0 radical (unpaired) electrons. The Labute approximate surface area is 154 Å². The molecule has 26 heavy (non-hydrogen) atoms. The topological polar surface area (TPSA) is 82.9 Å². The molecule has 2 N–H and O–H groups in total. The highest BCUT2D eigenvalue weighted by molar-refractivity contribution is 6.30. The maximum absolute atomic E-state index is 13.8. The SMILES string of the molecule is O=C(O)N1CC[C@H](c2cccc(OCc3ccc(Cl)cc3F)n2)[C@@H](O)C1. The van der Waals surface area contributed by atoms with Crippen molar-refractivity contribution in [2.75, 3.05) is 13.1 Å². The van der Waals surface area contributed by atoms with E-state index in [4.69, 9.17) is 21.4 Å². The minimum atomic E-state index is -1.04. The third-order valence-electron chi connectivity index (χ3n) is 4.37. The molecule has 2 atom stereocenters. The van der Waals surface area contributed by atoms with Crippen LogP contribution < -0.4 is 4.74 Å². The highest BCUT2D eigenvalue weighted by Crippen LogP contribution is 2.28. The molecule has 1 saturated heterocycles. The van der Waals surface area contributed by atoms with Crippen molar-refractivity contribution in [2.24, 2.45) is 0 Å². The molecule has 1 fully saturated rings. The summed E-state index contributed by atoms with van der Waals surface area (Å²) >= 11 is 5.73. The molecule has 1 aromatic carbocycles. The van der Waals surface area contributed by atoms with Crippen LogP contribution in [0.3, 0.4) is 0 Å². The van der Waals surface area contributed by atoms with Crippen molar-refractivity contribution in [3.63, 3.8) is 0 Å². The number of ether oxygens (including phenoxy) is 1. The second-order valence-electron chi connectivity index (χ2n) is 6.12. The minimum absolute atomic E-state index is 0.000528. The van der Waals surface area contributed by atoms with E-state index in [1.165, 1.54) is 11.0 Å². The third-order valence-corrected chi connectivity index (χ3v) is 4.60. The number of halogens is 2. The van der Waals surface area contributed by atoms with Crippen LogP contribution in [-0.4, -0.2) is 45.4 Å². The van der Waals surface area contributed by atoms with E-state index in [2.05, 4.69) is 4.98 Å². The molecule has 2 heterocycles. The van der Waals surface area contributed by atoms with Crippen molar-refractivity contribution in [2.45, 2.75) is 25.0 Å². The fourth-order valence-corrected chi connectivity index (χ4v) is 3.12. The Bertz CT molecular complexity index is 805. The van der Waals surface area contributed by atoms with E-state index in [0.717, 1.165) is 0 Å². The average Bonchev–Trinajstić information content (AvgIpc) is 2.61. The summed E-state index contributed by atoms with van der Waals surface area (Å²) in [4.78, 5) is 16.6. The number of hydrogen-bond acceptors (Lipinski definition) is 4. The zero-order valence-electron chi connectivity index (χ0n) is 13.8. The number of amides is 1. The molecule has 0 unspecified atom stereocenters. The molecule has 1 aromatic heterocycles. The summed E-state index contributed by atoms with van der Waals surface area (Å²) < 4.78 is 19.4. The van der Waals surface area contributed by atoms with Gasteiger partial charge in [0.1, 0.15) is 12.4 Å². The lowest BCUT2D eigenvalue weighted by molar-refractivity contribution is 0.0491. The van der Waals surface area contributed by atoms with Crippen LogP contribution in [0.5, 0.6) is 5.88 Å². The molecular weight excluding hydrogens is 363 g/mol. The number of β-amino-alcohol motifs (C(OH)–C–C–N with tert-alkyl or cyclic N) is 1. The van der Waals surface area contributed by atoms with Gasteiger partial charge in [-0.2, -0.15) is 0 Å². The zero-order chi connectivity index (χ0) is 18.7. The Hall–Kier alpha value is -2.38. The molecule has 0 aliphatic carbocycles. The van der Waals surface area contributed by atoms with Gasteiger partial charge in [-0.3, -0.25) is 0 Å². The molecule has 8 heteroatoms. The number of carboxylic acid groups (broad SMARTS) is 1. The second kappa shape index (κ2) is 7.88. The van der Waals surface area contributed by atoms with Crippen LogP contribution in [0.15, 0.2) is 36.4 Å². The maximum Gasteiger partial charge on any atom is 0.407 e. The lowest BCUT2D eigenvalue weighted by atomic mass is 9.90. The summed E-state index contributed by atoms with van der Waals surface area (Å²) in [5, 5.41) is 19.6. The first-order valence-corrected chi connectivity index (χ1v) is 8.51. The molecule has 1 aliphatic heterocycles. The van der Waals surface area contributed by atoms with Gasteiger partial charge < -0.3 is 19.8 Å². The quantitative estimate of drug-likeness (QED) is 0.850. The molecule has 138 valence electrons. The summed E-state index contributed by atoms with van der Waals surface area (Å²) in [7, 11) is 0. The predicted octanol–water partition coefficient (Wildman–Crippen LogP) is 3.28. The van der Waals surface area contributed by atoms with Crippen LogP contribution in [-0.2, 0) is 6.61 Å². The van der Waals surface area contributed by atoms with E-state index in [0.29, 0.717) is 35.1 Å².